The average Bonchev–Trinajstić information content (AvgIpc) is 3.60. The van der Waals surface area contributed by atoms with E-state index in [-0.39, 0.29) is 24.4 Å². The van der Waals surface area contributed by atoms with Crippen LogP contribution < -0.4 is 15.5 Å². The number of hydrogen-bond donors (Lipinski definition) is 2. The van der Waals surface area contributed by atoms with E-state index in [9.17, 15) is 18.8 Å². The van der Waals surface area contributed by atoms with Gasteiger partial charge in [0.05, 0.1) is 11.4 Å². The molecule has 0 aliphatic heterocycles. The molecule has 2 N–H and O–H groups in total. The summed E-state index contributed by atoms with van der Waals surface area (Å²) in [5, 5.41) is 9.35. The minimum absolute atomic E-state index is 0.0728. The Labute approximate surface area is 199 Å². The molecule has 2 heterocycles. The number of hydrogen-bond acceptors (Lipinski definition) is 5. The van der Waals surface area contributed by atoms with E-state index in [1.807, 2.05) is 11.4 Å². The maximum Gasteiger partial charge on any atom is 0.261 e. The monoisotopic (exact) mass is 485 g/mol. The molecule has 0 spiro atoms. The summed E-state index contributed by atoms with van der Waals surface area (Å²) < 4.78 is 13.6. The zero-order chi connectivity index (χ0) is 23.2. The maximum absolute atomic E-state index is 13.6. The van der Waals surface area contributed by atoms with E-state index in [1.54, 1.807) is 23.6 Å². The van der Waals surface area contributed by atoms with Crippen LogP contribution in [0.25, 0.3) is 0 Å². The van der Waals surface area contributed by atoms with Crippen molar-refractivity contribution in [1.82, 2.24) is 10.6 Å². The fourth-order valence-electron chi connectivity index (χ4n) is 3.95. The first kappa shape index (κ1) is 23.1. The summed E-state index contributed by atoms with van der Waals surface area (Å²) in [5.41, 5.74) is 0.381. The first-order valence-corrected chi connectivity index (χ1v) is 12.5. The summed E-state index contributed by atoms with van der Waals surface area (Å²) in [6.07, 6.45) is 3.93. The number of carbonyl (C=O) groups is 3. The molecule has 3 aromatic rings. The Hall–Kier alpha value is -3.04. The lowest BCUT2D eigenvalue weighted by Gasteiger charge is -2.31. The van der Waals surface area contributed by atoms with Gasteiger partial charge in [-0.25, -0.2) is 4.39 Å². The van der Waals surface area contributed by atoms with E-state index in [2.05, 4.69) is 10.6 Å². The summed E-state index contributed by atoms with van der Waals surface area (Å²) in [6, 6.07) is 11.6. The zero-order valence-corrected chi connectivity index (χ0v) is 19.5. The average molecular weight is 486 g/mol. The van der Waals surface area contributed by atoms with Gasteiger partial charge in [0, 0.05) is 16.6 Å². The molecule has 0 radical (unpaired) electrons. The van der Waals surface area contributed by atoms with Crippen LogP contribution in [0.4, 0.5) is 10.1 Å². The Morgan fingerprint density at radius 1 is 1.00 bits per heavy atom. The van der Waals surface area contributed by atoms with E-state index >= 15 is 0 Å². The van der Waals surface area contributed by atoms with Gasteiger partial charge >= 0.3 is 0 Å². The van der Waals surface area contributed by atoms with Crippen LogP contribution in [0, 0.1) is 5.82 Å². The molecule has 2 aromatic heterocycles. The van der Waals surface area contributed by atoms with Crippen LogP contribution >= 0.6 is 22.7 Å². The van der Waals surface area contributed by atoms with E-state index < -0.39 is 17.8 Å². The number of benzene rings is 1. The number of nitrogens with zero attached hydrogens (tertiary/aromatic N) is 1. The Morgan fingerprint density at radius 3 is 2.33 bits per heavy atom. The predicted octanol–water partition coefficient (Wildman–Crippen LogP) is 4.51. The number of carbonyl (C=O) groups excluding carboxylic acids is 3. The largest absolute Gasteiger partial charge is 0.351 e. The van der Waals surface area contributed by atoms with Crippen molar-refractivity contribution in [2.24, 2.45) is 0 Å². The topological polar surface area (TPSA) is 78.5 Å². The van der Waals surface area contributed by atoms with E-state index in [4.69, 9.17) is 0 Å². The molecule has 1 atom stereocenters. The van der Waals surface area contributed by atoms with E-state index in [1.165, 1.54) is 51.8 Å². The zero-order valence-electron chi connectivity index (χ0n) is 17.8. The third-order valence-electron chi connectivity index (χ3n) is 5.54. The van der Waals surface area contributed by atoms with Crippen molar-refractivity contribution >= 4 is 46.1 Å². The van der Waals surface area contributed by atoms with Gasteiger partial charge in [-0.2, -0.15) is 0 Å². The second-order valence-corrected chi connectivity index (χ2v) is 9.74. The molecule has 1 aliphatic rings. The second-order valence-electron chi connectivity index (χ2n) is 7.81. The molecule has 1 aliphatic carbocycles. The number of halogens is 1. The Balaban J connectivity index is 1.63. The number of nitrogens with one attached hydrogen (secondary N) is 2. The third kappa shape index (κ3) is 5.66. The number of thiophene rings is 2. The molecule has 33 heavy (non-hydrogen) atoms. The minimum Gasteiger partial charge on any atom is -0.351 e. The molecule has 172 valence electrons. The lowest BCUT2D eigenvalue weighted by atomic mass is 10.1. The number of rotatable bonds is 8. The SMILES string of the molecule is O=C(NCC(=O)N(c1ccc(F)cc1)C(C(=O)NC1CCCC1)c1cccs1)c1cccs1. The molecule has 1 unspecified atom stereocenters. The van der Waals surface area contributed by atoms with Crippen molar-refractivity contribution in [3.63, 3.8) is 0 Å². The molecule has 1 saturated carbocycles. The first-order chi connectivity index (χ1) is 16.0. The lowest BCUT2D eigenvalue weighted by molar-refractivity contribution is -0.126. The van der Waals surface area contributed by atoms with Gasteiger partial charge in [0.25, 0.3) is 5.91 Å². The predicted molar refractivity (Wildman–Crippen MR) is 128 cm³/mol. The molecular formula is C24H24FN3O3S2. The van der Waals surface area contributed by atoms with E-state index in [0.29, 0.717) is 15.4 Å². The van der Waals surface area contributed by atoms with Crippen molar-refractivity contribution < 1.29 is 18.8 Å². The standard InChI is InChI=1S/C24H24FN3O3S2/c25-16-9-11-18(12-10-16)28(21(29)15-26-23(30)20-8-4-14-33-20)22(19-7-3-13-32-19)24(31)27-17-5-1-2-6-17/h3-4,7-14,17,22H,1-2,5-6,15H2,(H,26,30)(H,27,31). The van der Waals surface area contributed by atoms with Crippen molar-refractivity contribution in [2.75, 3.05) is 11.4 Å². The van der Waals surface area contributed by atoms with Crippen LogP contribution in [0.1, 0.15) is 46.3 Å². The normalized spacial score (nSPS) is 14.6. The van der Waals surface area contributed by atoms with Gasteiger partial charge < -0.3 is 10.6 Å². The Kier molecular flexibility index (Phi) is 7.51. The smallest absolute Gasteiger partial charge is 0.261 e. The molecule has 1 aromatic carbocycles. The molecule has 9 heteroatoms. The third-order valence-corrected chi connectivity index (χ3v) is 7.33. The van der Waals surface area contributed by atoms with Crippen molar-refractivity contribution in [2.45, 2.75) is 37.8 Å². The molecule has 1 fully saturated rings. The lowest BCUT2D eigenvalue weighted by Crippen LogP contribution is -2.48. The first-order valence-electron chi connectivity index (χ1n) is 10.8. The highest BCUT2D eigenvalue weighted by atomic mass is 32.1. The molecule has 0 saturated heterocycles. The van der Waals surface area contributed by atoms with Crippen molar-refractivity contribution in [3.05, 3.63) is 74.9 Å². The van der Waals surface area contributed by atoms with Crippen LogP contribution in [0.2, 0.25) is 0 Å². The molecule has 6 nitrogen and oxygen atoms in total. The Morgan fingerprint density at radius 2 is 1.70 bits per heavy atom. The van der Waals surface area contributed by atoms with Gasteiger partial charge in [0.15, 0.2) is 0 Å². The van der Waals surface area contributed by atoms with Gasteiger partial charge in [0.1, 0.15) is 11.9 Å². The van der Waals surface area contributed by atoms with Crippen LogP contribution in [-0.4, -0.2) is 30.3 Å². The maximum atomic E-state index is 13.6. The van der Waals surface area contributed by atoms with Gasteiger partial charge in [0.2, 0.25) is 11.8 Å². The van der Waals surface area contributed by atoms with E-state index in [0.717, 1.165) is 25.7 Å². The molecule has 0 bridgehead atoms. The summed E-state index contributed by atoms with van der Waals surface area (Å²) >= 11 is 2.64. The highest BCUT2D eigenvalue weighted by molar-refractivity contribution is 7.12. The van der Waals surface area contributed by atoms with Crippen LogP contribution in [0.5, 0.6) is 0 Å². The van der Waals surface area contributed by atoms with Gasteiger partial charge in [-0.15, -0.1) is 22.7 Å². The van der Waals surface area contributed by atoms with Crippen LogP contribution in [-0.2, 0) is 9.59 Å². The summed E-state index contributed by atoms with van der Waals surface area (Å²) in [4.78, 5) is 41.8. The minimum atomic E-state index is -0.929. The summed E-state index contributed by atoms with van der Waals surface area (Å²) in [7, 11) is 0. The molecule has 3 amide bonds. The summed E-state index contributed by atoms with van der Waals surface area (Å²) in [5.74, 6) is -1.56. The van der Waals surface area contributed by atoms with Gasteiger partial charge in [-0.05, 0) is 60.0 Å². The molecular weight excluding hydrogens is 461 g/mol. The second kappa shape index (κ2) is 10.7. The van der Waals surface area contributed by atoms with Gasteiger partial charge in [-0.1, -0.05) is 25.0 Å². The summed E-state index contributed by atoms with van der Waals surface area (Å²) in [6.45, 7) is -0.299. The highest BCUT2D eigenvalue weighted by Crippen LogP contribution is 2.31. The number of anilines is 1. The van der Waals surface area contributed by atoms with Crippen LogP contribution in [0.15, 0.2) is 59.3 Å². The van der Waals surface area contributed by atoms with Crippen molar-refractivity contribution in [1.29, 1.82) is 0 Å². The fraction of sp³-hybridized carbons (Fsp3) is 0.292. The molecule has 4 rings (SSSR count). The highest BCUT2D eigenvalue weighted by Gasteiger charge is 2.35. The quantitative estimate of drug-likeness (QED) is 0.493. The van der Waals surface area contributed by atoms with Crippen molar-refractivity contribution in [3.8, 4) is 0 Å². The van der Waals surface area contributed by atoms with Crippen LogP contribution in [0.3, 0.4) is 0 Å². The number of amides is 3. The Bertz CT molecular complexity index is 1080. The fourth-order valence-corrected chi connectivity index (χ4v) is 5.40. The van der Waals surface area contributed by atoms with Gasteiger partial charge in [-0.3, -0.25) is 19.3 Å².